The minimum Gasteiger partial charge on any atom is -0.341 e. The summed E-state index contributed by atoms with van der Waals surface area (Å²) in [6.45, 7) is 2.69. The first-order valence-corrected chi connectivity index (χ1v) is 7.61. The Hall–Kier alpha value is -2.39. The molecular formula is C14H17F3N6O. The average molecular weight is 342 g/mol. The lowest BCUT2D eigenvalue weighted by Crippen LogP contribution is -2.42. The lowest BCUT2D eigenvalue weighted by Gasteiger charge is -2.33. The summed E-state index contributed by atoms with van der Waals surface area (Å²) >= 11 is 0. The van der Waals surface area contributed by atoms with E-state index in [-0.39, 0.29) is 11.9 Å². The highest BCUT2D eigenvalue weighted by Gasteiger charge is 2.35. The van der Waals surface area contributed by atoms with E-state index in [9.17, 15) is 18.0 Å². The standard InChI is InChI=1S/C14H17F3N6O/c1-10(23-9-18-8-19-23)13(24)21-5-2-11(3-6-21)22-7-4-12(20-22)14(15,16)17/h4,7-11H,2-3,5-6H2,1H3. The number of rotatable bonds is 3. The molecule has 1 atom stereocenters. The molecule has 0 aliphatic carbocycles. The predicted octanol–water partition coefficient (Wildman–Crippen LogP) is 1.92. The van der Waals surface area contributed by atoms with Crippen LogP contribution in [0.1, 0.15) is 37.5 Å². The summed E-state index contributed by atoms with van der Waals surface area (Å²) in [5.74, 6) is -0.0737. The Kier molecular flexibility index (Phi) is 4.29. The van der Waals surface area contributed by atoms with E-state index in [1.54, 1.807) is 11.8 Å². The summed E-state index contributed by atoms with van der Waals surface area (Å²) in [5, 5.41) is 7.57. The van der Waals surface area contributed by atoms with Gasteiger partial charge in [0, 0.05) is 19.3 Å². The fourth-order valence-corrected chi connectivity index (χ4v) is 2.84. The predicted molar refractivity (Wildman–Crippen MR) is 76.8 cm³/mol. The molecule has 7 nitrogen and oxygen atoms in total. The number of piperidine rings is 1. The van der Waals surface area contributed by atoms with Gasteiger partial charge in [-0.2, -0.15) is 23.4 Å². The van der Waals surface area contributed by atoms with E-state index in [1.165, 1.54) is 28.2 Å². The Morgan fingerprint density at radius 1 is 1.33 bits per heavy atom. The monoisotopic (exact) mass is 342 g/mol. The van der Waals surface area contributed by atoms with Crippen molar-refractivity contribution < 1.29 is 18.0 Å². The van der Waals surface area contributed by atoms with Crippen LogP contribution in [-0.4, -0.2) is 48.4 Å². The maximum absolute atomic E-state index is 12.6. The second-order valence-corrected chi connectivity index (χ2v) is 5.79. The van der Waals surface area contributed by atoms with Gasteiger partial charge in [0.25, 0.3) is 0 Å². The summed E-state index contributed by atoms with van der Waals surface area (Å²) < 4.78 is 40.7. The third-order valence-electron chi connectivity index (χ3n) is 4.24. The van der Waals surface area contributed by atoms with E-state index in [1.807, 2.05) is 0 Å². The zero-order chi connectivity index (χ0) is 17.3. The molecular weight excluding hydrogens is 325 g/mol. The molecule has 1 amide bonds. The van der Waals surface area contributed by atoms with Gasteiger partial charge in [-0.05, 0) is 25.8 Å². The third kappa shape index (κ3) is 3.26. The molecule has 0 radical (unpaired) electrons. The minimum atomic E-state index is -4.44. The van der Waals surface area contributed by atoms with E-state index in [4.69, 9.17) is 0 Å². The largest absolute Gasteiger partial charge is 0.435 e. The Bertz CT molecular complexity index is 688. The lowest BCUT2D eigenvalue weighted by atomic mass is 10.0. The van der Waals surface area contributed by atoms with Gasteiger partial charge in [0.1, 0.15) is 18.7 Å². The first-order valence-electron chi connectivity index (χ1n) is 7.61. The molecule has 1 aliphatic heterocycles. The van der Waals surface area contributed by atoms with Crippen LogP contribution in [0.2, 0.25) is 0 Å². The topological polar surface area (TPSA) is 68.8 Å². The minimum absolute atomic E-state index is 0.0737. The van der Waals surface area contributed by atoms with Crippen LogP contribution in [0.15, 0.2) is 24.9 Å². The Morgan fingerprint density at radius 2 is 2.04 bits per heavy atom. The Balaban J connectivity index is 1.59. The van der Waals surface area contributed by atoms with Crippen LogP contribution < -0.4 is 0 Å². The molecule has 0 spiro atoms. The van der Waals surface area contributed by atoms with E-state index >= 15 is 0 Å². The van der Waals surface area contributed by atoms with Gasteiger partial charge in [0.15, 0.2) is 5.69 Å². The number of likely N-dealkylation sites (tertiary alicyclic amines) is 1. The smallest absolute Gasteiger partial charge is 0.341 e. The second-order valence-electron chi connectivity index (χ2n) is 5.79. The Morgan fingerprint density at radius 3 is 2.58 bits per heavy atom. The molecule has 10 heteroatoms. The number of alkyl halides is 3. The van der Waals surface area contributed by atoms with Gasteiger partial charge in [-0.1, -0.05) is 0 Å². The molecule has 130 valence electrons. The number of amides is 1. The molecule has 1 fully saturated rings. The molecule has 0 aromatic carbocycles. The number of hydrogen-bond donors (Lipinski definition) is 0. The summed E-state index contributed by atoms with van der Waals surface area (Å²) in [6, 6.07) is 0.391. The number of nitrogens with zero attached hydrogens (tertiary/aromatic N) is 6. The first kappa shape index (κ1) is 16.5. The van der Waals surface area contributed by atoms with Gasteiger partial charge in [-0.25, -0.2) is 9.67 Å². The van der Waals surface area contributed by atoms with Gasteiger partial charge in [0.05, 0.1) is 6.04 Å². The molecule has 3 heterocycles. The maximum Gasteiger partial charge on any atom is 0.435 e. The van der Waals surface area contributed by atoms with Crippen molar-refractivity contribution in [2.24, 2.45) is 0 Å². The van der Waals surface area contributed by atoms with Crippen LogP contribution in [0, 0.1) is 0 Å². The third-order valence-corrected chi connectivity index (χ3v) is 4.24. The number of carbonyl (C=O) groups excluding carboxylic acids is 1. The van der Waals surface area contributed by atoms with Crippen molar-refractivity contribution in [2.45, 2.75) is 38.0 Å². The fraction of sp³-hybridized carbons (Fsp3) is 0.571. The molecule has 3 rings (SSSR count). The summed E-state index contributed by atoms with van der Waals surface area (Å²) in [7, 11) is 0. The van der Waals surface area contributed by atoms with Crippen molar-refractivity contribution in [1.29, 1.82) is 0 Å². The average Bonchev–Trinajstić information content (AvgIpc) is 3.24. The van der Waals surface area contributed by atoms with Gasteiger partial charge in [-0.15, -0.1) is 0 Å². The van der Waals surface area contributed by atoms with Crippen LogP contribution in [0.3, 0.4) is 0 Å². The van der Waals surface area contributed by atoms with Crippen molar-refractivity contribution in [3.63, 3.8) is 0 Å². The normalized spacial score (nSPS) is 17.9. The van der Waals surface area contributed by atoms with E-state index in [0.717, 1.165) is 6.07 Å². The van der Waals surface area contributed by atoms with Crippen LogP contribution >= 0.6 is 0 Å². The number of halogens is 3. The molecule has 1 unspecified atom stereocenters. The SMILES string of the molecule is CC(C(=O)N1CCC(n2ccc(C(F)(F)F)n2)CC1)n1cncn1. The van der Waals surface area contributed by atoms with Crippen molar-refractivity contribution in [3.8, 4) is 0 Å². The highest BCUT2D eigenvalue weighted by Crippen LogP contribution is 2.30. The van der Waals surface area contributed by atoms with Gasteiger partial charge in [0.2, 0.25) is 5.91 Å². The lowest BCUT2D eigenvalue weighted by molar-refractivity contribution is -0.141. The summed E-state index contributed by atoms with van der Waals surface area (Å²) in [5.41, 5.74) is -0.888. The maximum atomic E-state index is 12.6. The molecule has 1 saturated heterocycles. The highest BCUT2D eigenvalue weighted by atomic mass is 19.4. The van der Waals surface area contributed by atoms with Crippen LogP contribution in [-0.2, 0) is 11.0 Å². The van der Waals surface area contributed by atoms with E-state index < -0.39 is 17.9 Å². The molecule has 2 aromatic rings. The van der Waals surface area contributed by atoms with Gasteiger partial charge >= 0.3 is 6.18 Å². The van der Waals surface area contributed by atoms with Gasteiger partial charge in [-0.3, -0.25) is 9.48 Å². The molecule has 24 heavy (non-hydrogen) atoms. The molecule has 2 aromatic heterocycles. The number of hydrogen-bond acceptors (Lipinski definition) is 4. The van der Waals surface area contributed by atoms with Crippen LogP contribution in [0.5, 0.6) is 0 Å². The van der Waals surface area contributed by atoms with Crippen molar-refractivity contribution >= 4 is 5.91 Å². The number of aromatic nitrogens is 5. The van der Waals surface area contributed by atoms with Crippen molar-refractivity contribution in [2.75, 3.05) is 13.1 Å². The summed E-state index contributed by atoms with van der Waals surface area (Å²) in [6.07, 6.45) is 0.894. The molecule has 1 aliphatic rings. The van der Waals surface area contributed by atoms with E-state index in [0.29, 0.717) is 25.9 Å². The number of carbonyl (C=O) groups is 1. The quantitative estimate of drug-likeness (QED) is 0.855. The molecule has 0 bridgehead atoms. The first-order chi connectivity index (χ1) is 11.4. The molecule has 0 saturated carbocycles. The second kappa shape index (κ2) is 6.25. The van der Waals surface area contributed by atoms with E-state index in [2.05, 4.69) is 15.2 Å². The fourth-order valence-electron chi connectivity index (χ4n) is 2.84. The van der Waals surface area contributed by atoms with Gasteiger partial charge < -0.3 is 4.90 Å². The van der Waals surface area contributed by atoms with Crippen LogP contribution in [0.4, 0.5) is 13.2 Å². The molecule has 0 N–H and O–H groups in total. The highest BCUT2D eigenvalue weighted by molar-refractivity contribution is 5.80. The zero-order valence-electron chi connectivity index (χ0n) is 13.0. The summed E-state index contributed by atoms with van der Waals surface area (Å²) in [4.78, 5) is 18.0. The zero-order valence-corrected chi connectivity index (χ0v) is 13.0. The Labute approximate surface area is 136 Å². The van der Waals surface area contributed by atoms with Crippen molar-refractivity contribution in [1.82, 2.24) is 29.4 Å². The van der Waals surface area contributed by atoms with Crippen molar-refractivity contribution in [3.05, 3.63) is 30.6 Å². The van der Waals surface area contributed by atoms with Crippen LogP contribution in [0.25, 0.3) is 0 Å².